The molecule has 0 spiro atoms. The number of carbonyl (C=O) groups excluding carboxylic acids is 1. The second-order valence-corrected chi connectivity index (χ2v) is 5.39. The summed E-state index contributed by atoms with van der Waals surface area (Å²) in [5.74, 6) is 0.449. The summed E-state index contributed by atoms with van der Waals surface area (Å²) in [6.45, 7) is 2.14. The number of hydrogen-bond acceptors (Lipinski definition) is 7. The summed E-state index contributed by atoms with van der Waals surface area (Å²) in [6.07, 6.45) is 0. The fourth-order valence-electron chi connectivity index (χ4n) is 2.31. The SMILES string of the molecule is CCOc1ccc(C(=O)OCc2nc(-c3ccc(F)cc3)no2)cc1OC. The molecule has 1 aromatic heterocycles. The van der Waals surface area contributed by atoms with Crippen molar-refractivity contribution in [3.05, 3.63) is 59.7 Å². The molecule has 7 nitrogen and oxygen atoms in total. The number of hydrogen-bond donors (Lipinski definition) is 0. The number of ether oxygens (including phenoxy) is 3. The summed E-state index contributed by atoms with van der Waals surface area (Å²) in [5, 5.41) is 3.79. The summed E-state index contributed by atoms with van der Waals surface area (Å²) in [6, 6.07) is 10.4. The van der Waals surface area contributed by atoms with Gasteiger partial charge in [-0.2, -0.15) is 4.98 Å². The van der Waals surface area contributed by atoms with Crippen molar-refractivity contribution in [2.24, 2.45) is 0 Å². The quantitative estimate of drug-likeness (QED) is 0.586. The normalized spacial score (nSPS) is 10.5. The molecule has 1 heterocycles. The Kier molecular flexibility index (Phi) is 5.65. The molecule has 0 aliphatic heterocycles. The predicted molar refractivity (Wildman–Crippen MR) is 93.0 cm³/mol. The molecule has 0 unspecified atom stereocenters. The van der Waals surface area contributed by atoms with Gasteiger partial charge in [0.1, 0.15) is 5.82 Å². The first kappa shape index (κ1) is 18.4. The van der Waals surface area contributed by atoms with Crippen LogP contribution in [0.4, 0.5) is 4.39 Å². The third-order valence-corrected chi connectivity index (χ3v) is 3.60. The highest BCUT2D eigenvalue weighted by Crippen LogP contribution is 2.28. The van der Waals surface area contributed by atoms with Crippen molar-refractivity contribution in [2.45, 2.75) is 13.5 Å². The largest absolute Gasteiger partial charge is 0.493 e. The van der Waals surface area contributed by atoms with Crippen molar-refractivity contribution in [3.63, 3.8) is 0 Å². The Morgan fingerprint density at radius 3 is 2.63 bits per heavy atom. The van der Waals surface area contributed by atoms with E-state index >= 15 is 0 Å². The maximum atomic E-state index is 13.0. The van der Waals surface area contributed by atoms with Crippen LogP contribution < -0.4 is 9.47 Å². The van der Waals surface area contributed by atoms with Gasteiger partial charge in [-0.05, 0) is 49.4 Å². The molecule has 0 atom stereocenters. The van der Waals surface area contributed by atoms with Crippen LogP contribution in [0.1, 0.15) is 23.2 Å². The van der Waals surface area contributed by atoms with Crippen LogP contribution >= 0.6 is 0 Å². The lowest BCUT2D eigenvalue weighted by molar-refractivity contribution is 0.0429. The molecule has 8 heteroatoms. The molecular formula is C19H17FN2O5. The van der Waals surface area contributed by atoms with Crippen LogP contribution in [0.2, 0.25) is 0 Å². The standard InChI is InChI=1S/C19H17FN2O5/c1-3-25-15-9-6-13(10-16(15)24-2)19(23)26-11-17-21-18(22-27-17)12-4-7-14(20)8-5-12/h4-10H,3,11H2,1-2H3. The zero-order chi connectivity index (χ0) is 19.2. The minimum atomic E-state index is -0.571. The number of aromatic nitrogens is 2. The van der Waals surface area contributed by atoms with Crippen LogP contribution in [-0.2, 0) is 11.3 Å². The first-order valence-corrected chi connectivity index (χ1v) is 8.17. The van der Waals surface area contributed by atoms with Gasteiger partial charge in [0.15, 0.2) is 18.1 Å². The van der Waals surface area contributed by atoms with Crippen LogP contribution in [0.25, 0.3) is 11.4 Å². The molecule has 0 radical (unpaired) electrons. The van der Waals surface area contributed by atoms with Gasteiger partial charge in [0.25, 0.3) is 5.89 Å². The van der Waals surface area contributed by atoms with E-state index in [-0.39, 0.29) is 24.1 Å². The molecule has 0 bridgehead atoms. The molecule has 140 valence electrons. The topological polar surface area (TPSA) is 83.7 Å². The van der Waals surface area contributed by atoms with Crippen LogP contribution in [0, 0.1) is 5.82 Å². The van der Waals surface area contributed by atoms with E-state index in [9.17, 15) is 9.18 Å². The maximum Gasteiger partial charge on any atom is 0.338 e. The third kappa shape index (κ3) is 4.41. The molecular weight excluding hydrogens is 355 g/mol. The van der Waals surface area contributed by atoms with Crippen molar-refractivity contribution < 1.29 is 27.9 Å². The average molecular weight is 372 g/mol. The number of nitrogens with zero attached hydrogens (tertiary/aromatic N) is 2. The number of esters is 1. The molecule has 0 amide bonds. The van der Waals surface area contributed by atoms with E-state index in [2.05, 4.69) is 10.1 Å². The smallest absolute Gasteiger partial charge is 0.338 e. The lowest BCUT2D eigenvalue weighted by Gasteiger charge is -2.10. The molecule has 2 aromatic carbocycles. The van der Waals surface area contributed by atoms with Gasteiger partial charge in [-0.1, -0.05) is 5.16 Å². The molecule has 0 saturated heterocycles. The fourth-order valence-corrected chi connectivity index (χ4v) is 2.31. The molecule has 3 aromatic rings. The molecule has 0 N–H and O–H groups in total. The van der Waals surface area contributed by atoms with Gasteiger partial charge in [-0.25, -0.2) is 9.18 Å². The van der Waals surface area contributed by atoms with Gasteiger partial charge >= 0.3 is 5.97 Å². The van der Waals surface area contributed by atoms with E-state index in [1.807, 2.05) is 6.92 Å². The number of halogens is 1. The van der Waals surface area contributed by atoms with Crippen LogP contribution in [0.3, 0.4) is 0 Å². The van der Waals surface area contributed by atoms with Crippen molar-refractivity contribution in [3.8, 4) is 22.9 Å². The van der Waals surface area contributed by atoms with Gasteiger partial charge in [-0.3, -0.25) is 0 Å². The zero-order valence-electron chi connectivity index (χ0n) is 14.8. The Balaban J connectivity index is 1.65. The fraction of sp³-hybridized carbons (Fsp3) is 0.211. The average Bonchev–Trinajstić information content (AvgIpc) is 3.16. The van der Waals surface area contributed by atoms with Crippen molar-refractivity contribution in [1.29, 1.82) is 0 Å². The minimum absolute atomic E-state index is 0.126. The Labute approximate surface area is 154 Å². The highest BCUT2D eigenvalue weighted by atomic mass is 19.1. The number of benzene rings is 2. The Morgan fingerprint density at radius 2 is 1.93 bits per heavy atom. The summed E-state index contributed by atoms with van der Waals surface area (Å²) < 4.78 is 33.8. The van der Waals surface area contributed by atoms with E-state index < -0.39 is 5.97 Å². The highest BCUT2D eigenvalue weighted by Gasteiger charge is 2.15. The van der Waals surface area contributed by atoms with Gasteiger partial charge in [0.2, 0.25) is 5.82 Å². The molecule has 0 fully saturated rings. The van der Waals surface area contributed by atoms with Crippen LogP contribution in [0.5, 0.6) is 11.5 Å². The number of rotatable bonds is 7. The second-order valence-electron chi connectivity index (χ2n) is 5.39. The lowest BCUT2D eigenvalue weighted by Crippen LogP contribution is -2.06. The zero-order valence-corrected chi connectivity index (χ0v) is 14.8. The van der Waals surface area contributed by atoms with Crippen molar-refractivity contribution in [2.75, 3.05) is 13.7 Å². The van der Waals surface area contributed by atoms with Crippen molar-refractivity contribution in [1.82, 2.24) is 10.1 Å². The molecule has 3 rings (SSSR count). The Hall–Kier alpha value is -3.42. The van der Waals surface area contributed by atoms with E-state index in [0.29, 0.717) is 29.2 Å². The maximum absolute atomic E-state index is 13.0. The number of carbonyl (C=O) groups is 1. The monoisotopic (exact) mass is 372 g/mol. The van der Waals surface area contributed by atoms with E-state index in [4.69, 9.17) is 18.7 Å². The van der Waals surface area contributed by atoms with Gasteiger partial charge in [-0.15, -0.1) is 0 Å². The van der Waals surface area contributed by atoms with Gasteiger partial charge < -0.3 is 18.7 Å². The molecule has 0 aliphatic rings. The second kappa shape index (κ2) is 8.31. The first-order chi connectivity index (χ1) is 13.1. The molecule has 27 heavy (non-hydrogen) atoms. The van der Waals surface area contributed by atoms with Gasteiger partial charge in [0, 0.05) is 5.56 Å². The Bertz CT molecular complexity index is 924. The van der Waals surface area contributed by atoms with Gasteiger partial charge in [0.05, 0.1) is 19.3 Å². The summed E-state index contributed by atoms with van der Waals surface area (Å²) >= 11 is 0. The van der Waals surface area contributed by atoms with Crippen LogP contribution in [-0.4, -0.2) is 29.8 Å². The molecule has 0 saturated carbocycles. The van der Waals surface area contributed by atoms with Crippen LogP contribution in [0.15, 0.2) is 47.0 Å². The highest BCUT2D eigenvalue weighted by molar-refractivity contribution is 5.90. The first-order valence-electron chi connectivity index (χ1n) is 8.17. The third-order valence-electron chi connectivity index (χ3n) is 3.60. The van der Waals surface area contributed by atoms with E-state index in [1.165, 1.54) is 37.4 Å². The number of methoxy groups -OCH3 is 1. The summed E-state index contributed by atoms with van der Waals surface area (Å²) in [7, 11) is 1.49. The Morgan fingerprint density at radius 1 is 1.15 bits per heavy atom. The lowest BCUT2D eigenvalue weighted by atomic mass is 10.2. The van der Waals surface area contributed by atoms with E-state index in [1.54, 1.807) is 12.1 Å². The molecule has 0 aliphatic carbocycles. The summed E-state index contributed by atoms with van der Waals surface area (Å²) in [5.41, 5.74) is 0.891. The minimum Gasteiger partial charge on any atom is -0.493 e. The van der Waals surface area contributed by atoms with E-state index in [0.717, 1.165) is 0 Å². The van der Waals surface area contributed by atoms with Crippen molar-refractivity contribution >= 4 is 5.97 Å². The summed E-state index contributed by atoms with van der Waals surface area (Å²) in [4.78, 5) is 16.3. The predicted octanol–water partition coefficient (Wildman–Crippen LogP) is 3.64.